The zero-order valence-electron chi connectivity index (χ0n) is 14.0. The van der Waals surface area contributed by atoms with E-state index in [-0.39, 0.29) is 10.9 Å². The number of thiocarbonyl (C=S) groups is 1. The molecule has 1 amide bonds. The molecule has 0 aliphatic rings. The molecular formula is C19H17FN2O3S. The van der Waals surface area contributed by atoms with E-state index in [1.165, 1.54) is 18.2 Å². The molecule has 0 saturated carbocycles. The second-order valence-corrected chi connectivity index (χ2v) is 5.53. The third-order valence-electron chi connectivity index (χ3n) is 3.19. The van der Waals surface area contributed by atoms with E-state index in [1.54, 1.807) is 49.4 Å². The fourth-order valence-electron chi connectivity index (χ4n) is 1.97. The summed E-state index contributed by atoms with van der Waals surface area (Å²) in [5.74, 6) is -1.17. The molecule has 2 aromatic rings. The lowest BCUT2D eigenvalue weighted by Crippen LogP contribution is -2.32. The van der Waals surface area contributed by atoms with E-state index in [1.807, 2.05) is 0 Å². The van der Waals surface area contributed by atoms with Crippen molar-refractivity contribution in [3.05, 3.63) is 71.6 Å². The van der Waals surface area contributed by atoms with Crippen LogP contribution in [0, 0.1) is 5.82 Å². The van der Waals surface area contributed by atoms with Crippen LogP contribution in [-0.4, -0.2) is 23.6 Å². The SMILES string of the molecule is CCOC(=O)c1ccc(NC(=S)NC(=O)C=Cc2ccc(F)cc2)cc1. The van der Waals surface area contributed by atoms with Crippen LogP contribution in [0.2, 0.25) is 0 Å². The quantitative estimate of drug-likeness (QED) is 0.477. The Bertz CT molecular complexity index is 818. The fourth-order valence-corrected chi connectivity index (χ4v) is 2.18. The highest BCUT2D eigenvalue weighted by atomic mass is 32.1. The first-order valence-corrected chi connectivity index (χ1v) is 8.21. The van der Waals surface area contributed by atoms with E-state index < -0.39 is 11.9 Å². The highest BCUT2D eigenvalue weighted by Gasteiger charge is 2.06. The van der Waals surface area contributed by atoms with Gasteiger partial charge in [0.15, 0.2) is 5.11 Å². The Morgan fingerprint density at radius 1 is 1.12 bits per heavy atom. The van der Waals surface area contributed by atoms with Crippen LogP contribution in [0.3, 0.4) is 0 Å². The van der Waals surface area contributed by atoms with Crippen molar-refractivity contribution in [2.45, 2.75) is 6.92 Å². The Balaban J connectivity index is 1.86. The van der Waals surface area contributed by atoms with E-state index in [0.29, 0.717) is 23.4 Å². The minimum Gasteiger partial charge on any atom is -0.462 e. The number of hydrogen-bond acceptors (Lipinski definition) is 4. The normalized spacial score (nSPS) is 10.4. The topological polar surface area (TPSA) is 67.4 Å². The van der Waals surface area contributed by atoms with Crippen LogP contribution in [0.5, 0.6) is 0 Å². The number of carbonyl (C=O) groups excluding carboxylic acids is 2. The van der Waals surface area contributed by atoms with Crippen molar-refractivity contribution >= 4 is 41.0 Å². The van der Waals surface area contributed by atoms with Gasteiger partial charge in [-0.05, 0) is 67.2 Å². The Hall–Kier alpha value is -3.06. The van der Waals surface area contributed by atoms with E-state index in [9.17, 15) is 14.0 Å². The van der Waals surface area contributed by atoms with Gasteiger partial charge < -0.3 is 10.1 Å². The van der Waals surface area contributed by atoms with Crippen LogP contribution >= 0.6 is 12.2 Å². The average Bonchev–Trinajstić information content (AvgIpc) is 2.62. The van der Waals surface area contributed by atoms with Crippen molar-refractivity contribution in [3.63, 3.8) is 0 Å². The number of halogens is 1. The first-order valence-electron chi connectivity index (χ1n) is 7.80. The second kappa shape index (κ2) is 9.43. The van der Waals surface area contributed by atoms with Crippen LogP contribution < -0.4 is 10.6 Å². The number of amides is 1. The first kappa shape index (κ1) is 19.3. The molecule has 0 aliphatic carbocycles. The largest absolute Gasteiger partial charge is 0.462 e. The number of benzene rings is 2. The minimum absolute atomic E-state index is 0.114. The maximum atomic E-state index is 12.8. The van der Waals surface area contributed by atoms with Crippen LogP contribution in [0.1, 0.15) is 22.8 Å². The van der Waals surface area contributed by atoms with Crippen molar-refractivity contribution in [2.24, 2.45) is 0 Å². The predicted octanol–water partition coefficient (Wildman–Crippen LogP) is 3.53. The van der Waals surface area contributed by atoms with Crippen molar-refractivity contribution in [1.82, 2.24) is 5.32 Å². The highest BCUT2D eigenvalue weighted by molar-refractivity contribution is 7.80. The molecule has 7 heteroatoms. The Labute approximate surface area is 155 Å². The Morgan fingerprint density at radius 3 is 2.38 bits per heavy atom. The summed E-state index contributed by atoms with van der Waals surface area (Å²) in [6.07, 6.45) is 2.84. The van der Waals surface area contributed by atoms with Crippen LogP contribution in [-0.2, 0) is 9.53 Å². The van der Waals surface area contributed by atoms with Crippen LogP contribution in [0.25, 0.3) is 6.08 Å². The maximum Gasteiger partial charge on any atom is 0.338 e. The Kier molecular flexibility index (Phi) is 6.99. The lowest BCUT2D eigenvalue weighted by Gasteiger charge is -2.09. The summed E-state index contributed by atoms with van der Waals surface area (Å²) in [5.41, 5.74) is 1.73. The lowest BCUT2D eigenvalue weighted by atomic mass is 10.2. The van der Waals surface area contributed by atoms with Gasteiger partial charge in [-0.1, -0.05) is 12.1 Å². The zero-order valence-corrected chi connectivity index (χ0v) is 14.8. The summed E-state index contributed by atoms with van der Waals surface area (Å²) >= 11 is 5.07. The molecule has 0 radical (unpaired) electrons. The van der Waals surface area contributed by atoms with Gasteiger partial charge >= 0.3 is 5.97 Å². The lowest BCUT2D eigenvalue weighted by molar-refractivity contribution is -0.115. The molecule has 134 valence electrons. The summed E-state index contributed by atoms with van der Waals surface area (Å²) in [7, 11) is 0. The molecule has 2 aromatic carbocycles. The standard InChI is InChI=1S/C19H17FN2O3S/c1-2-25-18(24)14-6-10-16(11-7-14)21-19(26)22-17(23)12-5-13-3-8-15(20)9-4-13/h3-12H,2H2,1H3,(H2,21,22,23,26). The van der Waals surface area contributed by atoms with Gasteiger partial charge in [-0.25, -0.2) is 9.18 Å². The summed E-state index contributed by atoms with van der Waals surface area (Å²) < 4.78 is 17.7. The molecule has 5 nitrogen and oxygen atoms in total. The fraction of sp³-hybridized carbons (Fsp3) is 0.105. The van der Waals surface area contributed by atoms with E-state index in [0.717, 1.165) is 0 Å². The first-order chi connectivity index (χ1) is 12.5. The Morgan fingerprint density at radius 2 is 1.77 bits per heavy atom. The van der Waals surface area contributed by atoms with Crippen molar-refractivity contribution in [2.75, 3.05) is 11.9 Å². The molecule has 0 unspecified atom stereocenters. The molecule has 0 saturated heterocycles. The smallest absolute Gasteiger partial charge is 0.338 e. The zero-order chi connectivity index (χ0) is 18.9. The molecular weight excluding hydrogens is 355 g/mol. The molecule has 2 rings (SSSR count). The van der Waals surface area contributed by atoms with E-state index in [4.69, 9.17) is 17.0 Å². The summed E-state index contributed by atoms with van der Waals surface area (Å²) in [4.78, 5) is 23.4. The number of nitrogens with one attached hydrogen (secondary N) is 2. The molecule has 2 N–H and O–H groups in total. The van der Waals surface area contributed by atoms with Gasteiger partial charge in [0.1, 0.15) is 5.82 Å². The van der Waals surface area contributed by atoms with Crippen LogP contribution in [0.15, 0.2) is 54.6 Å². The van der Waals surface area contributed by atoms with Crippen LogP contribution in [0.4, 0.5) is 10.1 Å². The van der Waals surface area contributed by atoms with Gasteiger partial charge in [0, 0.05) is 11.8 Å². The number of anilines is 1. The minimum atomic E-state index is -0.421. The molecule has 0 fully saturated rings. The van der Waals surface area contributed by atoms with Crippen molar-refractivity contribution < 1.29 is 18.7 Å². The number of ether oxygens (including phenoxy) is 1. The molecule has 0 heterocycles. The van der Waals surface area contributed by atoms with Crippen molar-refractivity contribution in [1.29, 1.82) is 0 Å². The highest BCUT2D eigenvalue weighted by Crippen LogP contribution is 2.10. The van der Waals surface area contributed by atoms with Gasteiger partial charge in [0.05, 0.1) is 12.2 Å². The van der Waals surface area contributed by atoms with Crippen molar-refractivity contribution in [3.8, 4) is 0 Å². The van der Waals surface area contributed by atoms with Gasteiger partial charge in [-0.3, -0.25) is 10.1 Å². The number of esters is 1. The van der Waals surface area contributed by atoms with Gasteiger partial charge in [0.25, 0.3) is 0 Å². The predicted molar refractivity (Wildman–Crippen MR) is 102 cm³/mol. The van der Waals surface area contributed by atoms with E-state index >= 15 is 0 Å². The molecule has 26 heavy (non-hydrogen) atoms. The van der Waals surface area contributed by atoms with E-state index in [2.05, 4.69) is 10.6 Å². The maximum absolute atomic E-state index is 12.8. The monoisotopic (exact) mass is 372 g/mol. The molecule has 0 bridgehead atoms. The van der Waals surface area contributed by atoms with Gasteiger partial charge in [-0.15, -0.1) is 0 Å². The number of rotatable bonds is 5. The van der Waals surface area contributed by atoms with Gasteiger partial charge in [-0.2, -0.15) is 0 Å². The molecule has 0 spiro atoms. The molecule has 0 atom stereocenters. The third kappa shape index (κ3) is 6.10. The molecule has 0 aliphatic heterocycles. The number of carbonyl (C=O) groups is 2. The second-order valence-electron chi connectivity index (χ2n) is 5.13. The summed E-state index contributed by atoms with van der Waals surface area (Å²) in [6.45, 7) is 2.04. The number of hydrogen-bond donors (Lipinski definition) is 2. The summed E-state index contributed by atoms with van der Waals surface area (Å²) in [6, 6.07) is 12.2. The average molecular weight is 372 g/mol. The van der Waals surface area contributed by atoms with Gasteiger partial charge in [0.2, 0.25) is 5.91 Å². The summed E-state index contributed by atoms with van der Waals surface area (Å²) in [5, 5.41) is 5.45. The third-order valence-corrected chi connectivity index (χ3v) is 3.39. The molecule has 0 aromatic heterocycles.